The molecule has 114 valence electrons. The largest absolute Gasteiger partial charge is 0.340 e. The summed E-state index contributed by atoms with van der Waals surface area (Å²) < 4.78 is 0. The highest BCUT2D eigenvalue weighted by atomic mass is 32.2. The molecule has 0 saturated carbocycles. The van der Waals surface area contributed by atoms with Crippen LogP contribution in [-0.4, -0.2) is 22.0 Å². The van der Waals surface area contributed by atoms with E-state index in [0.29, 0.717) is 11.4 Å². The molecule has 4 nitrogen and oxygen atoms in total. The third-order valence-electron chi connectivity index (χ3n) is 3.62. The second-order valence-corrected chi connectivity index (χ2v) is 6.06. The highest BCUT2D eigenvalue weighted by Gasteiger charge is 2.25. The lowest BCUT2D eigenvalue weighted by Gasteiger charge is -2.06. The number of carbonyl (C=O) groups is 1. The number of aromatic nitrogens is 2. The molecule has 0 aliphatic carbocycles. The minimum atomic E-state index is -0.922. The third kappa shape index (κ3) is 3.13. The molecule has 5 heteroatoms. The zero-order chi connectivity index (χ0) is 16.2. The summed E-state index contributed by atoms with van der Waals surface area (Å²) in [6, 6.07) is 17.0. The lowest BCUT2D eigenvalue weighted by molar-refractivity contribution is 0.0976. The van der Waals surface area contributed by atoms with Crippen molar-refractivity contribution in [1.82, 2.24) is 9.97 Å². The van der Waals surface area contributed by atoms with E-state index in [-0.39, 0.29) is 5.78 Å². The first-order chi connectivity index (χ1) is 11.2. The Morgan fingerprint density at radius 3 is 2.65 bits per heavy atom. The zero-order valence-corrected chi connectivity index (χ0v) is 13.4. The summed E-state index contributed by atoms with van der Waals surface area (Å²) in [5.41, 5.74) is 3.27. The van der Waals surface area contributed by atoms with E-state index in [2.05, 4.69) is 16.0 Å². The van der Waals surface area contributed by atoms with Crippen molar-refractivity contribution in [1.29, 1.82) is 5.26 Å². The van der Waals surface area contributed by atoms with Crippen LogP contribution < -0.4 is 0 Å². The van der Waals surface area contributed by atoms with Crippen LogP contribution in [0.5, 0.6) is 0 Å². The van der Waals surface area contributed by atoms with Crippen LogP contribution in [0.25, 0.3) is 11.0 Å². The molecule has 1 atom stereocenters. The van der Waals surface area contributed by atoms with Gasteiger partial charge in [0.05, 0.1) is 17.1 Å². The summed E-state index contributed by atoms with van der Waals surface area (Å²) in [5.74, 6) is 0.141. The van der Waals surface area contributed by atoms with Gasteiger partial charge in [-0.3, -0.25) is 4.79 Å². The van der Waals surface area contributed by atoms with Crippen molar-refractivity contribution in [3.63, 3.8) is 0 Å². The van der Waals surface area contributed by atoms with E-state index in [0.717, 1.165) is 22.3 Å². The van der Waals surface area contributed by atoms with Crippen LogP contribution in [0.2, 0.25) is 0 Å². The van der Waals surface area contributed by atoms with E-state index in [1.54, 1.807) is 23.9 Å². The first-order valence-electron chi connectivity index (χ1n) is 7.19. The van der Waals surface area contributed by atoms with Gasteiger partial charge in [-0.2, -0.15) is 17.0 Å². The molecule has 1 aromatic heterocycles. The van der Waals surface area contributed by atoms with Gasteiger partial charge < -0.3 is 4.98 Å². The van der Waals surface area contributed by atoms with Gasteiger partial charge in [0.2, 0.25) is 0 Å². The number of benzene rings is 2. The maximum Gasteiger partial charge on any atom is 0.187 e. The Bertz CT molecular complexity index is 844. The third-order valence-corrected chi connectivity index (χ3v) is 4.24. The summed E-state index contributed by atoms with van der Waals surface area (Å²) >= 11 is 1.73. The summed E-state index contributed by atoms with van der Waals surface area (Å²) in [4.78, 5) is 20.1. The van der Waals surface area contributed by atoms with E-state index in [4.69, 9.17) is 0 Å². The maximum atomic E-state index is 12.6. The minimum absolute atomic E-state index is 0.234. The number of para-hydroxylation sites is 2. The summed E-state index contributed by atoms with van der Waals surface area (Å²) in [5, 5.41) is 9.44. The molecular formula is C18H15N3OS. The number of nitrogens with zero attached hydrogens (tertiary/aromatic N) is 2. The molecule has 0 spiro atoms. The summed E-state index contributed by atoms with van der Waals surface area (Å²) in [7, 11) is 0. The fourth-order valence-corrected chi connectivity index (χ4v) is 2.98. The van der Waals surface area contributed by atoms with Gasteiger partial charge in [-0.1, -0.05) is 36.4 Å². The fraction of sp³-hybridized carbons (Fsp3) is 0.167. The second-order valence-electron chi connectivity index (χ2n) is 5.20. The number of nitriles is 1. The Morgan fingerprint density at radius 2 is 2.00 bits per heavy atom. The van der Waals surface area contributed by atoms with Crippen molar-refractivity contribution < 1.29 is 4.79 Å². The van der Waals surface area contributed by atoms with E-state index in [1.165, 1.54) is 0 Å². The van der Waals surface area contributed by atoms with Crippen LogP contribution in [0.1, 0.15) is 27.7 Å². The molecule has 0 bridgehead atoms. The number of imidazole rings is 1. The van der Waals surface area contributed by atoms with Crippen molar-refractivity contribution in [3.05, 3.63) is 65.5 Å². The van der Waals surface area contributed by atoms with Crippen molar-refractivity contribution in [2.45, 2.75) is 11.7 Å². The van der Waals surface area contributed by atoms with Crippen LogP contribution in [0.3, 0.4) is 0 Å². The first kappa shape index (κ1) is 15.3. The predicted octanol–water partition coefficient (Wildman–Crippen LogP) is 3.92. The number of fused-ring (bicyclic) bond motifs is 1. The average molecular weight is 321 g/mol. The number of nitrogens with one attached hydrogen (secondary N) is 1. The maximum absolute atomic E-state index is 12.6. The van der Waals surface area contributed by atoms with Crippen LogP contribution in [0, 0.1) is 11.3 Å². The molecule has 0 aliphatic heterocycles. The van der Waals surface area contributed by atoms with Gasteiger partial charge in [0.1, 0.15) is 5.82 Å². The summed E-state index contributed by atoms with van der Waals surface area (Å²) in [6.07, 6.45) is 2.03. The van der Waals surface area contributed by atoms with Crippen molar-refractivity contribution in [2.24, 2.45) is 0 Å². The number of rotatable bonds is 5. The molecule has 3 rings (SSSR count). The quantitative estimate of drug-likeness (QED) is 0.723. The highest BCUT2D eigenvalue weighted by Crippen LogP contribution is 2.22. The molecule has 3 aromatic rings. The van der Waals surface area contributed by atoms with Crippen molar-refractivity contribution in [2.75, 3.05) is 6.26 Å². The SMILES string of the molecule is CSCc1ccc(C(=O)C(C#N)c2nc3ccccc3[nH]2)cc1. The zero-order valence-electron chi connectivity index (χ0n) is 12.6. The number of ketones is 1. The predicted molar refractivity (Wildman–Crippen MR) is 92.4 cm³/mol. The van der Waals surface area contributed by atoms with Crippen LogP contribution in [-0.2, 0) is 5.75 Å². The van der Waals surface area contributed by atoms with Gasteiger partial charge in [-0.15, -0.1) is 0 Å². The van der Waals surface area contributed by atoms with Gasteiger partial charge >= 0.3 is 0 Å². The normalized spacial score (nSPS) is 12.0. The Labute approximate surface area is 138 Å². The molecule has 2 aromatic carbocycles. The van der Waals surface area contributed by atoms with Gasteiger partial charge in [0.15, 0.2) is 11.7 Å². The second kappa shape index (κ2) is 6.67. The standard InChI is InChI=1S/C18H15N3OS/c1-23-11-12-6-8-13(9-7-12)17(22)14(10-19)18-20-15-4-2-3-5-16(15)21-18/h2-9,14H,11H2,1H3,(H,20,21). The van der Waals surface area contributed by atoms with Gasteiger partial charge in [0.25, 0.3) is 0 Å². The lowest BCUT2D eigenvalue weighted by Crippen LogP contribution is -2.12. The first-order valence-corrected chi connectivity index (χ1v) is 8.58. The molecule has 1 N–H and O–H groups in total. The molecule has 0 saturated heterocycles. The Hall–Kier alpha value is -2.58. The molecule has 0 fully saturated rings. The van der Waals surface area contributed by atoms with E-state index >= 15 is 0 Å². The average Bonchev–Trinajstić information content (AvgIpc) is 3.00. The fourth-order valence-electron chi connectivity index (χ4n) is 2.45. The number of H-pyrrole nitrogens is 1. The minimum Gasteiger partial charge on any atom is -0.340 e. The van der Waals surface area contributed by atoms with Crippen LogP contribution in [0.4, 0.5) is 0 Å². The monoisotopic (exact) mass is 321 g/mol. The smallest absolute Gasteiger partial charge is 0.187 e. The molecule has 1 heterocycles. The highest BCUT2D eigenvalue weighted by molar-refractivity contribution is 7.97. The van der Waals surface area contributed by atoms with Gasteiger partial charge in [-0.05, 0) is 24.0 Å². The number of hydrogen-bond donors (Lipinski definition) is 1. The number of hydrogen-bond acceptors (Lipinski definition) is 4. The van der Waals surface area contributed by atoms with Gasteiger partial charge in [-0.25, -0.2) is 4.98 Å². The summed E-state index contributed by atoms with van der Waals surface area (Å²) in [6.45, 7) is 0. The van der Waals surface area contributed by atoms with E-state index in [9.17, 15) is 10.1 Å². The topological polar surface area (TPSA) is 69.5 Å². The Kier molecular flexibility index (Phi) is 4.45. The lowest BCUT2D eigenvalue weighted by atomic mass is 9.97. The molecule has 23 heavy (non-hydrogen) atoms. The van der Waals surface area contributed by atoms with E-state index < -0.39 is 5.92 Å². The van der Waals surface area contributed by atoms with E-state index in [1.807, 2.05) is 42.7 Å². The number of carbonyl (C=O) groups excluding carboxylic acids is 1. The molecule has 1 unspecified atom stereocenters. The van der Waals surface area contributed by atoms with Gasteiger partial charge in [0, 0.05) is 11.3 Å². The molecule has 0 aliphatic rings. The van der Waals surface area contributed by atoms with Crippen LogP contribution >= 0.6 is 11.8 Å². The number of thioether (sulfide) groups is 1. The van der Waals surface area contributed by atoms with Crippen LogP contribution in [0.15, 0.2) is 48.5 Å². The molecule has 0 amide bonds. The molecule has 0 radical (unpaired) electrons. The number of aromatic amines is 1. The molecular weight excluding hydrogens is 306 g/mol. The van der Waals surface area contributed by atoms with Crippen molar-refractivity contribution in [3.8, 4) is 6.07 Å². The Balaban J connectivity index is 1.90. The Morgan fingerprint density at radius 1 is 1.26 bits per heavy atom. The van der Waals surface area contributed by atoms with Crippen molar-refractivity contribution >= 4 is 28.6 Å². The number of Topliss-reactive ketones (excluding diaryl/α,β-unsaturated/α-hetero) is 1.